The summed E-state index contributed by atoms with van der Waals surface area (Å²) in [5.74, 6) is 2.43. The predicted octanol–water partition coefficient (Wildman–Crippen LogP) is 2.87. The van der Waals surface area contributed by atoms with Gasteiger partial charge in [0.1, 0.15) is 35.2 Å². The summed E-state index contributed by atoms with van der Waals surface area (Å²) in [5.41, 5.74) is 8.42. The van der Waals surface area contributed by atoms with Crippen LogP contribution in [0.5, 0.6) is 17.2 Å². The van der Waals surface area contributed by atoms with Crippen LogP contribution in [0.3, 0.4) is 0 Å². The number of carbonyl (C=O) groups excluding carboxylic acids is 1. The SMILES string of the molecule is COc1ccc(NCC(C)=O)c(OC[C@H](N)CN2CCC3(CC2)Cc2ccccc2O3)c1. The van der Waals surface area contributed by atoms with Crippen LogP contribution in [-0.4, -0.2) is 62.2 Å². The fraction of sp³-hybridized carbons (Fsp3) is 0.480. The number of hydrogen-bond acceptors (Lipinski definition) is 7. The monoisotopic (exact) mass is 439 g/mol. The third-order valence-electron chi connectivity index (χ3n) is 6.24. The lowest BCUT2D eigenvalue weighted by atomic mass is 9.87. The first-order valence-corrected chi connectivity index (χ1v) is 11.3. The lowest BCUT2D eigenvalue weighted by molar-refractivity contribution is -0.115. The van der Waals surface area contributed by atoms with E-state index in [-0.39, 0.29) is 24.0 Å². The standard InChI is InChI=1S/C25H33N3O4/c1-18(29)15-27-22-8-7-21(30-2)13-24(22)31-17-20(26)16-28-11-9-25(10-12-28)14-19-5-3-4-6-23(19)32-25/h3-8,13,20,27H,9-12,14-17,26H2,1-2H3/t20-/m1/s1. The van der Waals surface area contributed by atoms with E-state index in [9.17, 15) is 4.79 Å². The molecule has 3 N–H and O–H groups in total. The maximum Gasteiger partial charge on any atom is 0.148 e. The number of ether oxygens (including phenoxy) is 3. The molecule has 172 valence electrons. The first-order valence-electron chi connectivity index (χ1n) is 11.3. The zero-order chi connectivity index (χ0) is 22.6. The van der Waals surface area contributed by atoms with Crippen molar-refractivity contribution in [2.45, 2.75) is 37.8 Å². The van der Waals surface area contributed by atoms with Crippen molar-refractivity contribution in [3.63, 3.8) is 0 Å². The summed E-state index contributed by atoms with van der Waals surface area (Å²) in [6.45, 7) is 4.87. The van der Waals surface area contributed by atoms with E-state index in [4.69, 9.17) is 19.9 Å². The van der Waals surface area contributed by atoms with E-state index in [1.165, 1.54) is 5.56 Å². The number of hydrogen-bond donors (Lipinski definition) is 2. The highest BCUT2D eigenvalue weighted by Gasteiger charge is 2.41. The number of para-hydroxylation sites is 1. The average molecular weight is 440 g/mol. The van der Waals surface area contributed by atoms with Gasteiger partial charge in [-0.05, 0) is 30.7 Å². The lowest BCUT2D eigenvalue weighted by Crippen LogP contribution is -2.51. The second-order valence-corrected chi connectivity index (χ2v) is 8.86. The Morgan fingerprint density at radius 2 is 2.03 bits per heavy atom. The Balaban J connectivity index is 1.27. The molecule has 0 amide bonds. The van der Waals surface area contributed by atoms with Crippen LogP contribution >= 0.6 is 0 Å². The first-order chi connectivity index (χ1) is 15.5. The quantitative estimate of drug-likeness (QED) is 0.621. The Hall–Kier alpha value is -2.77. The smallest absolute Gasteiger partial charge is 0.148 e. The minimum atomic E-state index is -0.127. The van der Waals surface area contributed by atoms with Gasteiger partial charge in [0.05, 0.1) is 25.4 Å². The maximum atomic E-state index is 11.3. The predicted molar refractivity (Wildman–Crippen MR) is 125 cm³/mol. The van der Waals surface area contributed by atoms with Gasteiger partial charge in [-0.15, -0.1) is 0 Å². The molecule has 4 rings (SSSR count). The molecule has 1 fully saturated rings. The fourth-order valence-electron chi connectivity index (χ4n) is 4.48. The number of nitrogens with zero attached hydrogens (tertiary/aromatic N) is 1. The van der Waals surface area contributed by atoms with Gasteiger partial charge in [-0.3, -0.25) is 4.79 Å². The zero-order valence-electron chi connectivity index (χ0n) is 18.9. The van der Waals surface area contributed by atoms with Crippen molar-refractivity contribution < 1.29 is 19.0 Å². The molecule has 2 heterocycles. The number of nitrogens with two attached hydrogens (primary N) is 1. The number of anilines is 1. The highest BCUT2D eigenvalue weighted by molar-refractivity contribution is 5.81. The average Bonchev–Trinajstić information content (AvgIpc) is 3.16. The van der Waals surface area contributed by atoms with E-state index in [1.54, 1.807) is 14.0 Å². The van der Waals surface area contributed by atoms with E-state index >= 15 is 0 Å². The Labute approximate surface area is 189 Å². The number of fused-ring (bicyclic) bond motifs is 1. The number of piperidine rings is 1. The van der Waals surface area contributed by atoms with Crippen LogP contribution in [0.1, 0.15) is 25.3 Å². The van der Waals surface area contributed by atoms with Gasteiger partial charge >= 0.3 is 0 Å². The molecule has 2 aliphatic rings. The van der Waals surface area contributed by atoms with Crippen LogP contribution in [0.4, 0.5) is 5.69 Å². The molecule has 0 bridgehead atoms. The van der Waals surface area contributed by atoms with Crippen LogP contribution in [-0.2, 0) is 11.2 Å². The van der Waals surface area contributed by atoms with Gasteiger partial charge in [-0.2, -0.15) is 0 Å². The number of ketones is 1. The van der Waals surface area contributed by atoms with Crippen molar-refractivity contribution in [3.05, 3.63) is 48.0 Å². The largest absolute Gasteiger partial charge is 0.497 e. The minimum absolute atomic E-state index is 0.0562. The van der Waals surface area contributed by atoms with Crippen LogP contribution in [0.25, 0.3) is 0 Å². The maximum absolute atomic E-state index is 11.3. The Kier molecular flexibility index (Phi) is 6.86. The van der Waals surface area contributed by atoms with Gasteiger partial charge in [0, 0.05) is 45.0 Å². The first kappa shape index (κ1) is 22.4. The molecule has 7 heteroatoms. The minimum Gasteiger partial charge on any atom is -0.497 e. The van der Waals surface area contributed by atoms with Crippen molar-refractivity contribution in [1.82, 2.24) is 4.90 Å². The van der Waals surface area contributed by atoms with Gasteiger partial charge in [-0.25, -0.2) is 0 Å². The molecular weight excluding hydrogens is 406 g/mol. The number of carbonyl (C=O) groups is 1. The number of Topliss-reactive ketones (excluding diaryl/α,β-unsaturated/α-hetero) is 1. The van der Waals surface area contributed by atoms with Crippen molar-refractivity contribution in [3.8, 4) is 17.2 Å². The molecule has 1 spiro atoms. The Morgan fingerprint density at radius 3 is 2.75 bits per heavy atom. The van der Waals surface area contributed by atoms with Crippen molar-refractivity contribution >= 4 is 11.5 Å². The van der Waals surface area contributed by atoms with E-state index in [0.29, 0.717) is 18.1 Å². The summed E-state index contributed by atoms with van der Waals surface area (Å²) < 4.78 is 17.7. The second kappa shape index (κ2) is 9.79. The number of benzene rings is 2. The van der Waals surface area contributed by atoms with Crippen LogP contribution in [0.15, 0.2) is 42.5 Å². The molecule has 0 saturated carbocycles. The molecule has 1 atom stereocenters. The molecular formula is C25H33N3O4. The molecule has 0 unspecified atom stereocenters. The number of methoxy groups -OCH3 is 1. The summed E-state index contributed by atoms with van der Waals surface area (Å²) in [5, 5.41) is 3.11. The third kappa shape index (κ3) is 5.34. The lowest BCUT2D eigenvalue weighted by Gasteiger charge is -2.39. The van der Waals surface area contributed by atoms with Crippen LogP contribution in [0.2, 0.25) is 0 Å². The number of likely N-dealkylation sites (tertiary alicyclic amines) is 1. The summed E-state index contributed by atoms with van der Waals surface area (Å²) in [7, 11) is 1.61. The van der Waals surface area contributed by atoms with Gasteiger partial charge in [0.25, 0.3) is 0 Å². The molecule has 2 aromatic carbocycles. The van der Waals surface area contributed by atoms with Gasteiger partial charge < -0.3 is 30.2 Å². The molecule has 2 aliphatic heterocycles. The van der Waals surface area contributed by atoms with Crippen molar-refractivity contribution in [1.29, 1.82) is 0 Å². The summed E-state index contributed by atoms with van der Waals surface area (Å²) in [6, 6.07) is 13.7. The summed E-state index contributed by atoms with van der Waals surface area (Å²) >= 11 is 0. The molecule has 1 saturated heterocycles. The fourth-order valence-corrected chi connectivity index (χ4v) is 4.48. The van der Waals surface area contributed by atoms with Crippen LogP contribution in [0, 0.1) is 0 Å². The van der Waals surface area contributed by atoms with E-state index in [1.807, 2.05) is 24.3 Å². The summed E-state index contributed by atoms with van der Waals surface area (Å²) in [6.07, 6.45) is 3.01. The zero-order valence-corrected chi connectivity index (χ0v) is 18.9. The van der Waals surface area contributed by atoms with Crippen molar-refractivity contribution in [2.24, 2.45) is 5.73 Å². The molecule has 0 aliphatic carbocycles. The van der Waals surface area contributed by atoms with E-state index in [2.05, 4.69) is 28.4 Å². The van der Waals surface area contributed by atoms with E-state index < -0.39 is 0 Å². The third-order valence-corrected chi connectivity index (χ3v) is 6.24. The molecule has 0 aromatic heterocycles. The summed E-state index contributed by atoms with van der Waals surface area (Å²) in [4.78, 5) is 13.7. The Morgan fingerprint density at radius 1 is 1.25 bits per heavy atom. The molecule has 32 heavy (non-hydrogen) atoms. The van der Waals surface area contributed by atoms with Gasteiger partial charge in [-0.1, -0.05) is 18.2 Å². The van der Waals surface area contributed by atoms with Crippen molar-refractivity contribution in [2.75, 3.05) is 45.2 Å². The normalized spacial score (nSPS) is 18.0. The number of nitrogens with one attached hydrogen (secondary N) is 1. The molecule has 7 nitrogen and oxygen atoms in total. The highest BCUT2D eigenvalue weighted by atomic mass is 16.5. The highest BCUT2D eigenvalue weighted by Crippen LogP contribution is 2.40. The van der Waals surface area contributed by atoms with Gasteiger partial charge in [0.2, 0.25) is 0 Å². The molecule has 0 radical (unpaired) electrons. The molecule has 2 aromatic rings. The van der Waals surface area contributed by atoms with Gasteiger partial charge in [0.15, 0.2) is 0 Å². The van der Waals surface area contributed by atoms with Crippen LogP contribution < -0.4 is 25.3 Å². The second-order valence-electron chi connectivity index (χ2n) is 8.86. The Bertz CT molecular complexity index is 914. The van der Waals surface area contributed by atoms with E-state index in [0.717, 1.165) is 50.3 Å². The topological polar surface area (TPSA) is 86.0 Å². The number of rotatable bonds is 9.